The van der Waals surface area contributed by atoms with E-state index in [0.717, 1.165) is 12.1 Å². The summed E-state index contributed by atoms with van der Waals surface area (Å²) in [6.07, 6.45) is -5.49. The van der Waals surface area contributed by atoms with Gasteiger partial charge in [0.15, 0.2) is 12.6 Å². The largest absolute Gasteiger partial charge is 0.468 e. The van der Waals surface area contributed by atoms with Gasteiger partial charge in [-0.05, 0) is 43.3 Å². The van der Waals surface area contributed by atoms with Gasteiger partial charge in [0.05, 0.1) is 5.56 Å². The highest BCUT2D eigenvalue weighted by atomic mass is 35.5. The maximum atomic E-state index is 13.3. The summed E-state index contributed by atoms with van der Waals surface area (Å²) in [4.78, 5) is 12.5. The molecule has 0 spiro atoms. The first-order chi connectivity index (χ1) is 17.3. The Morgan fingerprint density at radius 3 is 2.43 bits per heavy atom. The lowest BCUT2D eigenvalue weighted by Gasteiger charge is -2.19. The molecule has 6 nitrogen and oxygen atoms in total. The average molecular weight is 556 g/mol. The summed E-state index contributed by atoms with van der Waals surface area (Å²) in [6, 6.07) is 12.8. The molecule has 0 aliphatic rings. The fourth-order valence-electron chi connectivity index (χ4n) is 3.38. The molecule has 37 heavy (non-hydrogen) atoms. The first kappa shape index (κ1) is 28.6. The number of benzene rings is 2. The first-order valence-corrected chi connectivity index (χ1v) is 15.7. The standard InChI is InChI=1S/C26H29ClF3NO5Si/c1-17(20-7-5-6-8-21(20)26(28,29)30)36-25(32)31-23-22(27)15-34-24(23)18-9-11-19(12-10-18)35-16-33-13-14-37(2,3)4/h5-12,15,17H,13-14,16H2,1-4H3,(H,31,32)/t17-/m1/s1. The van der Waals surface area contributed by atoms with Crippen LogP contribution in [0.4, 0.5) is 23.7 Å². The number of carbonyl (C=O) groups is 1. The van der Waals surface area contributed by atoms with E-state index in [1.54, 1.807) is 24.3 Å². The summed E-state index contributed by atoms with van der Waals surface area (Å²) in [5, 5.41) is 2.58. The summed E-state index contributed by atoms with van der Waals surface area (Å²) < 4.78 is 61.8. The molecule has 0 saturated heterocycles. The molecule has 1 heterocycles. The molecule has 1 atom stereocenters. The second-order valence-electron chi connectivity index (χ2n) is 9.55. The zero-order chi connectivity index (χ0) is 27.2. The summed E-state index contributed by atoms with van der Waals surface area (Å²) >= 11 is 6.19. The van der Waals surface area contributed by atoms with Crippen molar-refractivity contribution in [3.8, 4) is 17.1 Å². The van der Waals surface area contributed by atoms with Crippen molar-refractivity contribution in [1.29, 1.82) is 0 Å². The normalized spacial score (nSPS) is 12.8. The van der Waals surface area contributed by atoms with Crippen LogP contribution in [0.1, 0.15) is 24.2 Å². The van der Waals surface area contributed by atoms with Gasteiger partial charge < -0.3 is 18.6 Å². The molecule has 0 aliphatic heterocycles. The van der Waals surface area contributed by atoms with Crippen molar-refractivity contribution in [2.24, 2.45) is 0 Å². The summed E-state index contributed by atoms with van der Waals surface area (Å²) in [7, 11) is -1.17. The predicted molar refractivity (Wildman–Crippen MR) is 139 cm³/mol. The maximum Gasteiger partial charge on any atom is 0.416 e. The van der Waals surface area contributed by atoms with Crippen molar-refractivity contribution in [3.05, 3.63) is 70.9 Å². The molecular weight excluding hydrogens is 527 g/mol. The second-order valence-corrected chi connectivity index (χ2v) is 15.6. The predicted octanol–water partition coefficient (Wildman–Crippen LogP) is 8.62. The minimum absolute atomic E-state index is 0.103. The Morgan fingerprint density at radius 2 is 1.78 bits per heavy atom. The molecule has 0 saturated carbocycles. The van der Waals surface area contributed by atoms with Crippen molar-refractivity contribution in [2.45, 2.75) is 44.9 Å². The fraction of sp³-hybridized carbons (Fsp3) is 0.346. The van der Waals surface area contributed by atoms with E-state index in [9.17, 15) is 18.0 Å². The molecule has 3 rings (SSSR count). The van der Waals surface area contributed by atoms with Crippen LogP contribution in [0.5, 0.6) is 5.75 Å². The minimum Gasteiger partial charge on any atom is -0.468 e. The van der Waals surface area contributed by atoms with E-state index in [-0.39, 0.29) is 28.8 Å². The minimum atomic E-state index is -4.58. The highest BCUT2D eigenvalue weighted by Gasteiger charge is 2.35. The molecule has 0 fully saturated rings. The highest BCUT2D eigenvalue weighted by molar-refractivity contribution is 6.76. The summed E-state index contributed by atoms with van der Waals surface area (Å²) in [5.74, 6) is 0.837. The van der Waals surface area contributed by atoms with Crippen molar-refractivity contribution in [3.63, 3.8) is 0 Å². The lowest BCUT2D eigenvalue weighted by atomic mass is 10.0. The molecule has 1 amide bonds. The number of carbonyl (C=O) groups excluding carboxylic acids is 1. The number of amides is 1. The van der Waals surface area contributed by atoms with Crippen molar-refractivity contribution in [2.75, 3.05) is 18.7 Å². The van der Waals surface area contributed by atoms with E-state index >= 15 is 0 Å². The van der Waals surface area contributed by atoms with Crippen LogP contribution in [-0.2, 0) is 15.7 Å². The van der Waals surface area contributed by atoms with Gasteiger partial charge in [0.2, 0.25) is 0 Å². The lowest BCUT2D eigenvalue weighted by molar-refractivity contribution is -0.139. The monoisotopic (exact) mass is 555 g/mol. The molecule has 2 aromatic carbocycles. The molecule has 3 aromatic rings. The third kappa shape index (κ3) is 8.27. The smallest absolute Gasteiger partial charge is 0.416 e. The molecule has 1 aromatic heterocycles. The fourth-order valence-corrected chi connectivity index (χ4v) is 4.31. The van der Waals surface area contributed by atoms with Gasteiger partial charge in [-0.25, -0.2) is 4.79 Å². The molecule has 0 unspecified atom stereocenters. The number of rotatable bonds is 10. The van der Waals surface area contributed by atoms with Gasteiger partial charge in [-0.15, -0.1) is 0 Å². The topological polar surface area (TPSA) is 69.9 Å². The van der Waals surface area contributed by atoms with E-state index in [1.165, 1.54) is 31.4 Å². The van der Waals surface area contributed by atoms with Gasteiger partial charge in [-0.1, -0.05) is 49.4 Å². The SMILES string of the molecule is C[C@@H](OC(=O)Nc1c(Cl)coc1-c1ccc(OCOCC[Si](C)(C)C)cc1)c1ccccc1C(F)(F)F. The van der Waals surface area contributed by atoms with E-state index in [4.69, 9.17) is 30.2 Å². The molecule has 1 N–H and O–H groups in total. The summed E-state index contributed by atoms with van der Waals surface area (Å²) in [5.41, 5.74) is -0.319. The second kappa shape index (κ2) is 12.1. The van der Waals surface area contributed by atoms with Crippen molar-refractivity contribution >= 4 is 31.5 Å². The summed E-state index contributed by atoms with van der Waals surface area (Å²) in [6.45, 7) is 8.94. The van der Waals surface area contributed by atoms with Gasteiger partial charge >= 0.3 is 12.3 Å². The zero-order valence-electron chi connectivity index (χ0n) is 20.9. The Bertz CT molecular complexity index is 1190. The molecule has 0 radical (unpaired) electrons. The average Bonchev–Trinajstić information content (AvgIpc) is 3.17. The number of hydrogen-bond donors (Lipinski definition) is 1. The Hall–Kier alpha value is -2.95. The number of halogens is 4. The van der Waals surface area contributed by atoms with E-state index in [1.807, 2.05) is 0 Å². The zero-order valence-corrected chi connectivity index (χ0v) is 22.7. The molecular formula is C26H29ClF3NO5Si. The lowest BCUT2D eigenvalue weighted by Crippen LogP contribution is -2.22. The molecule has 200 valence electrons. The van der Waals surface area contributed by atoms with Gasteiger partial charge in [-0.3, -0.25) is 5.32 Å². The number of anilines is 1. The Kier molecular flexibility index (Phi) is 9.33. The number of ether oxygens (including phenoxy) is 3. The van der Waals surface area contributed by atoms with Gasteiger partial charge in [-0.2, -0.15) is 13.2 Å². The van der Waals surface area contributed by atoms with Crippen LogP contribution in [0.2, 0.25) is 30.7 Å². The van der Waals surface area contributed by atoms with E-state index in [0.29, 0.717) is 17.9 Å². The first-order valence-electron chi connectivity index (χ1n) is 11.6. The van der Waals surface area contributed by atoms with Crippen LogP contribution in [0.15, 0.2) is 59.2 Å². The van der Waals surface area contributed by atoms with Crippen molar-refractivity contribution < 1.29 is 36.6 Å². The van der Waals surface area contributed by atoms with Crippen LogP contribution in [-0.4, -0.2) is 27.6 Å². The van der Waals surface area contributed by atoms with Gasteiger partial charge in [0.25, 0.3) is 0 Å². The van der Waals surface area contributed by atoms with Gasteiger partial charge in [0.1, 0.15) is 28.8 Å². The number of alkyl halides is 3. The third-order valence-corrected chi connectivity index (χ3v) is 7.37. The van der Waals surface area contributed by atoms with Crippen LogP contribution in [0.3, 0.4) is 0 Å². The van der Waals surface area contributed by atoms with Crippen LogP contribution < -0.4 is 10.1 Å². The number of nitrogens with one attached hydrogen (secondary N) is 1. The Morgan fingerprint density at radius 1 is 1.11 bits per heavy atom. The van der Waals surface area contributed by atoms with Crippen LogP contribution in [0.25, 0.3) is 11.3 Å². The highest BCUT2D eigenvalue weighted by Crippen LogP contribution is 2.38. The maximum absolute atomic E-state index is 13.3. The Labute approximate surface area is 219 Å². The van der Waals surface area contributed by atoms with Crippen molar-refractivity contribution in [1.82, 2.24) is 0 Å². The quantitative estimate of drug-likeness (QED) is 0.154. The van der Waals surface area contributed by atoms with E-state index < -0.39 is 32.0 Å². The number of hydrogen-bond acceptors (Lipinski definition) is 5. The Balaban J connectivity index is 1.63. The molecule has 11 heteroatoms. The number of furan rings is 1. The van der Waals surface area contributed by atoms with E-state index in [2.05, 4.69) is 25.0 Å². The third-order valence-electron chi connectivity index (χ3n) is 5.38. The van der Waals surface area contributed by atoms with Crippen LogP contribution >= 0.6 is 11.6 Å². The molecule has 0 bridgehead atoms. The molecule has 0 aliphatic carbocycles. The van der Waals surface area contributed by atoms with Gasteiger partial charge in [0, 0.05) is 25.8 Å². The van der Waals surface area contributed by atoms with Crippen LogP contribution in [0, 0.1) is 0 Å².